The van der Waals surface area contributed by atoms with Gasteiger partial charge < -0.3 is 5.11 Å². The van der Waals surface area contributed by atoms with Crippen molar-refractivity contribution in [3.63, 3.8) is 0 Å². The van der Waals surface area contributed by atoms with Crippen LogP contribution in [0.5, 0.6) is 5.75 Å². The number of aryl methyl sites for hydroxylation is 1. The van der Waals surface area contributed by atoms with Crippen LogP contribution in [0.4, 0.5) is 5.69 Å². The summed E-state index contributed by atoms with van der Waals surface area (Å²) >= 11 is 6.23. The van der Waals surface area contributed by atoms with Crippen molar-refractivity contribution in [3.05, 3.63) is 119 Å². The molecule has 0 radical (unpaired) electrons. The Bertz CT molecular complexity index is 1350. The van der Waals surface area contributed by atoms with Crippen LogP contribution in [0.3, 0.4) is 0 Å². The van der Waals surface area contributed by atoms with E-state index in [0.717, 1.165) is 16.7 Å². The molecule has 3 atom stereocenters. The highest BCUT2D eigenvalue weighted by atomic mass is 35.5. The van der Waals surface area contributed by atoms with Gasteiger partial charge in [0.25, 0.3) is 0 Å². The number of rotatable bonds is 4. The lowest BCUT2D eigenvalue weighted by Gasteiger charge is -2.43. The molecule has 1 saturated heterocycles. The quantitative estimate of drug-likeness (QED) is 0.471. The molecular formula is C29H24ClNO3. The van der Waals surface area contributed by atoms with Crippen molar-refractivity contribution in [2.75, 3.05) is 4.90 Å². The Labute approximate surface area is 203 Å². The lowest BCUT2D eigenvalue weighted by molar-refractivity contribution is -0.123. The van der Waals surface area contributed by atoms with E-state index in [1.165, 1.54) is 4.90 Å². The highest BCUT2D eigenvalue weighted by molar-refractivity contribution is 6.32. The zero-order valence-electron chi connectivity index (χ0n) is 18.7. The minimum absolute atomic E-state index is 0.184. The van der Waals surface area contributed by atoms with Crippen molar-refractivity contribution in [3.8, 4) is 5.75 Å². The molecule has 0 bridgehead atoms. The molecule has 3 unspecified atom stereocenters. The molecule has 0 spiro atoms. The summed E-state index contributed by atoms with van der Waals surface area (Å²) in [4.78, 5) is 29.7. The van der Waals surface area contributed by atoms with Gasteiger partial charge in [0.15, 0.2) is 0 Å². The summed E-state index contributed by atoms with van der Waals surface area (Å²) in [7, 11) is 0. The summed E-state index contributed by atoms with van der Waals surface area (Å²) in [5, 5.41) is 10.6. The van der Waals surface area contributed by atoms with Gasteiger partial charge in [-0.1, -0.05) is 78.9 Å². The molecule has 4 nitrogen and oxygen atoms in total. The average molecular weight is 470 g/mol. The molecule has 1 heterocycles. The number of halogens is 1. The Morgan fingerprint density at radius 2 is 1.82 bits per heavy atom. The molecule has 3 aromatic rings. The molecule has 0 saturated carbocycles. The van der Waals surface area contributed by atoms with Crippen molar-refractivity contribution in [2.24, 2.45) is 5.92 Å². The van der Waals surface area contributed by atoms with Crippen molar-refractivity contribution in [1.29, 1.82) is 0 Å². The van der Waals surface area contributed by atoms with Crippen molar-refractivity contribution < 1.29 is 14.7 Å². The maximum absolute atomic E-state index is 14.5. The van der Waals surface area contributed by atoms with Gasteiger partial charge in [-0.25, -0.2) is 4.90 Å². The minimum Gasteiger partial charge on any atom is -0.508 e. The molecule has 1 aliphatic carbocycles. The van der Waals surface area contributed by atoms with Crippen molar-refractivity contribution in [1.82, 2.24) is 0 Å². The number of allylic oxidation sites excluding steroid dienone is 3. The zero-order chi connectivity index (χ0) is 24.0. The number of nitrogens with zero attached hydrogens (tertiary/aromatic N) is 1. The molecule has 5 heteroatoms. The van der Waals surface area contributed by atoms with Gasteiger partial charge in [0.1, 0.15) is 5.75 Å². The van der Waals surface area contributed by atoms with Gasteiger partial charge in [-0.2, -0.15) is 0 Å². The van der Waals surface area contributed by atoms with Crippen LogP contribution in [-0.4, -0.2) is 16.9 Å². The molecule has 170 valence electrons. The summed E-state index contributed by atoms with van der Waals surface area (Å²) < 4.78 is 0. The second kappa shape index (κ2) is 8.30. The van der Waals surface area contributed by atoms with Crippen LogP contribution < -0.4 is 4.90 Å². The topological polar surface area (TPSA) is 57.6 Å². The molecule has 1 aliphatic heterocycles. The predicted octanol–water partition coefficient (Wildman–Crippen LogP) is 6.08. The summed E-state index contributed by atoms with van der Waals surface area (Å²) in [6.45, 7) is 5.85. The third-order valence-electron chi connectivity index (χ3n) is 7.11. The van der Waals surface area contributed by atoms with Gasteiger partial charge in [-0.15, -0.1) is 0 Å². The number of anilines is 1. The van der Waals surface area contributed by atoms with Crippen LogP contribution in [0, 0.1) is 12.8 Å². The molecule has 1 N–H and O–H groups in total. The Morgan fingerprint density at radius 3 is 2.50 bits per heavy atom. The first-order valence-corrected chi connectivity index (χ1v) is 11.6. The number of carbonyl (C=O) groups is 2. The van der Waals surface area contributed by atoms with Crippen LogP contribution in [0.1, 0.15) is 29.0 Å². The Hall–Kier alpha value is -3.63. The van der Waals surface area contributed by atoms with Crippen LogP contribution in [0.15, 0.2) is 97.1 Å². The molecule has 1 fully saturated rings. The Morgan fingerprint density at radius 1 is 1.06 bits per heavy atom. The van der Waals surface area contributed by atoms with E-state index in [2.05, 4.69) is 6.58 Å². The van der Waals surface area contributed by atoms with Gasteiger partial charge in [0, 0.05) is 10.9 Å². The smallest absolute Gasteiger partial charge is 0.246 e. The van der Waals surface area contributed by atoms with Crippen LogP contribution in [-0.2, 0) is 15.0 Å². The minimum atomic E-state index is -1.16. The van der Waals surface area contributed by atoms with E-state index in [1.54, 1.807) is 36.4 Å². The third kappa shape index (κ3) is 3.13. The SMILES string of the molecule is C=CC1=CCC2C(=O)N(c3cccc(Cl)c3)C(=O)C2(c2ccccc2)C1c1ccc(O)c(C)c1. The molecule has 34 heavy (non-hydrogen) atoms. The fraction of sp³-hybridized carbons (Fsp3) is 0.172. The Kier molecular flexibility index (Phi) is 5.41. The first-order valence-electron chi connectivity index (χ1n) is 11.2. The first-order chi connectivity index (χ1) is 16.4. The van der Waals surface area contributed by atoms with E-state index >= 15 is 0 Å². The number of carbonyl (C=O) groups excluding carboxylic acids is 2. The molecule has 0 aromatic heterocycles. The van der Waals surface area contributed by atoms with Crippen LogP contribution >= 0.6 is 11.6 Å². The highest BCUT2D eigenvalue weighted by Crippen LogP contribution is 2.58. The van der Waals surface area contributed by atoms with E-state index in [4.69, 9.17) is 11.6 Å². The molecule has 3 aromatic carbocycles. The van der Waals surface area contributed by atoms with Gasteiger partial charge in [-0.05, 0) is 59.9 Å². The normalized spacial score (nSPS) is 24.1. The summed E-state index contributed by atoms with van der Waals surface area (Å²) in [5.41, 5.74) is 2.53. The summed E-state index contributed by atoms with van der Waals surface area (Å²) in [6.07, 6.45) is 4.21. The second-order valence-electron chi connectivity index (χ2n) is 8.87. The largest absolute Gasteiger partial charge is 0.508 e. The fourth-order valence-electron chi connectivity index (χ4n) is 5.61. The standard InChI is InChI=1S/C29H24ClNO3/c1-3-19-12-14-24-27(33)31(23-11-7-10-22(30)17-23)28(34)29(24,21-8-5-4-6-9-21)26(19)20-13-15-25(32)18(2)16-20/h3-13,15-17,24,26,32H,1,14H2,2H3. The van der Waals surface area contributed by atoms with Gasteiger partial charge in [0.2, 0.25) is 11.8 Å². The monoisotopic (exact) mass is 469 g/mol. The Balaban J connectivity index is 1.81. The molecule has 2 amide bonds. The number of benzene rings is 3. The zero-order valence-corrected chi connectivity index (χ0v) is 19.5. The number of hydrogen-bond donors (Lipinski definition) is 1. The number of hydrogen-bond acceptors (Lipinski definition) is 3. The number of phenols is 1. The van der Waals surface area contributed by atoms with Crippen molar-refractivity contribution >= 4 is 29.1 Å². The first kappa shape index (κ1) is 22.2. The second-order valence-corrected chi connectivity index (χ2v) is 9.31. The van der Waals surface area contributed by atoms with E-state index in [9.17, 15) is 14.7 Å². The van der Waals surface area contributed by atoms with E-state index in [1.807, 2.05) is 55.5 Å². The number of imide groups is 1. The lowest BCUT2D eigenvalue weighted by Crippen LogP contribution is -2.48. The van der Waals surface area contributed by atoms with Crippen LogP contribution in [0.2, 0.25) is 5.02 Å². The predicted molar refractivity (Wildman–Crippen MR) is 134 cm³/mol. The molecular weight excluding hydrogens is 446 g/mol. The highest BCUT2D eigenvalue weighted by Gasteiger charge is 2.65. The van der Waals surface area contributed by atoms with E-state index in [-0.39, 0.29) is 17.6 Å². The van der Waals surface area contributed by atoms with Gasteiger partial charge in [0.05, 0.1) is 17.0 Å². The summed E-state index contributed by atoms with van der Waals surface area (Å²) in [6, 6.07) is 21.7. The lowest BCUT2D eigenvalue weighted by atomic mass is 9.56. The summed E-state index contributed by atoms with van der Waals surface area (Å²) in [5.74, 6) is -1.38. The maximum Gasteiger partial charge on any atom is 0.246 e. The van der Waals surface area contributed by atoms with E-state index in [0.29, 0.717) is 22.7 Å². The number of fused-ring (bicyclic) bond motifs is 1. The molecule has 5 rings (SSSR count). The van der Waals surface area contributed by atoms with Crippen molar-refractivity contribution in [2.45, 2.75) is 24.7 Å². The van der Waals surface area contributed by atoms with E-state index < -0.39 is 17.3 Å². The third-order valence-corrected chi connectivity index (χ3v) is 7.35. The number of amides is 2. The maximum atomic E-state index is 14.5. The van der Waals surface area contributed by atoms with Crippen LogP contribution in [0.25, 0.3) is 0 Å². The number of aromatic hydroxyl groups is 1. The average Bonchev–Trinajstić information content (AvgIpc) is 3.08. The fourth-order valence-corrected chi connectivity index (χ4v) is 5.80. The molecule has 2 aliphatic rings. The number of phenolic OH excluding ortho intramolecular Hbond substituents is 1. The van der Waals surface area contributed by atoms with Gasteiger partial charge in [-0.3, -0.25) is 9.59 Å². The van der Waals surface area contributed by atoms with Gasteiger partial charge >= 0.3 is 0 Å².